The van der Waals surface area contributed by atoms with Gasteiger partial charge < -0.3 is 15.7 Å². The molecule has 1 aliphatic heterocycles. The van der Waals surface area contributed by atoms with Crippen molar-refractivity contribution in [2.24, 2.45) is 11.1 Å². The van der Waals surface area contributed by atoms with Crippen LogP contribution in [0.2, 0.25) is 0 Å². The molecule has 2 aliphatic rings. The fourth-order valence-corrected chi connectivity index (χ4v) is 4.18. The SMILES string of the molecule is C[C@H](CO)S(=O)(=O)Nc1ccc(C(N)=O)c(N2CCC3(CC2)CC3)c1. The maximum absolute atomic E-state index is 12.2. The van der Waals surface area contributed by atoms with Crippen LogP contribution in [-0.4, -0.2) is 44.4 Å². The van der Waals surface area contributed by atoms with Crippen molar-refractivity contribution in [3.05, 3.63) is 23.8 Å². The molecular weight excluding hydrogens is 342 g/mol. The lowest BCUT2D eigenvalue weighted by Gasteiger charge is -2.35. The summed E-state index contributed by atoms with van der Waals surface area (Å²) in [5.41, 5.74) is 7.42. The first-order valence-corrected chi connectivity index (χ1v) is 10.1. The summed E-state index contributed by atoms with van der Waals surface area (Å²) >= 11 is 0. The zero-order valence-electron chi connectivity index (χ0n) is 14.4. The van der Waals surface area contributed by atoms with Gasteiger partial charge in [0.1, 0.15) is 5.25 Å². The van der Waals surface area contributed by atoms with Crippen LogP contribution in [0, 0.1) is 5.41 Å². The third-order valence-corrected chi connectivity index (χ3v) is 7.16. The van der Waals surface area contributed by atoms with Gasteiger partial charge in [0.25, 0.3) is 5.91 Å². The second kappa shape index (κ2) is 6.49. The lowest BCUT2D eigenvalue weighted by molar-refractivity contribution is 0.100. The largest absolute Gasteiger partial charge is 0.395 e. The van der Waals surface area contributed by atoms with E-state index in [2.05, 4.69) is 9.62 Å². The van der Waals surface area contributed by atoms with E-state index >= 15 is 0 Å². The van der Waals surface area contributed by atoms with Gasteiger partial charge in [0.2, 0.25) is 10.0 Å². The number of benzene rings is 1. The van der Waals surface area contributed by atoms with E-state index in [4.69, 9.17) is 10.8 Å². The summed E-state index contributed by atoms with van der Waals surface area (Å²) < 4.78 is 26.8. The van der Waals surface area contributed by atoms with Gasteiger partial charge in [-0.1, -0.05) is 0 Å². The predicted molar refractivity (Wildman–Crippen MR) is 97.2 cm³/mol. The Labute approximate surface area is 148 Å². The summed E-state index contributed by atoms with van der Waals surface area (Å²) in [6.45, 7) is 2.64. The van der Waals surface area contributed by atoms with Crippen molar-refractivity contribution in [3.8, 4) is 0 Å². The number of sulfonamides is 1. The molecule has 0 bridgehead atoms. The van der Waals surface area contributed by atoms with Crippen LogP contribution in [0.25, 0.3) is 0 Å². The summed E-state index contributed by atoms with van der Waals surface area (Å²) in [4.78, 5) is 13.9. The van der Waals surface area contributed by atoms with Crippen molar-refractivity contribution < 1.29 is 18.3 Å². The minimum atomic E-state index is -3.69. The summed E-state index contributed by atoms with van der Waals surface area (Å²) in [5, 5.41) is 8.17. The Kier molecular flexibility index (Phi) is 4.68. The molecule has 1 spiro atoms. The van der Waals surface area contributed by atoms with Crippen molar-refractivity contribution in [1.82, 2.24) is 0 Å². The first-order valence-electron chi connectivity index (χ1n) is 8.58. The minimum absolute atomic E-state index is 0.368. The molecule has 1 saturated carbocycles. The number of nitrogens with one attached hydrogen (secondary N) is 1. The van der Waals surface area contributed by atoms with Crippen LogP contribution in [0.3, 0.4) is 0 Å². The van der Waals surface area contributed by atoms with Crippen LogP contribution in [0.4, 0.5) is 11.4 Å². The fourth-order valence-electron chi connectivity index (χ4n) is 3.33. The molecule has 25 heavy (non-hydrogen) atoms. The average molecular weight is 367 g/mol. The van der Waals surface area contributed by atoms with E-state index in [1.54, 1.807) is 12.1 Å². The molecule has 1 atom stereocenters. The van der Waals surface area contributed by atoms with E-state index in [1.807, 2.05) is 0 Å². The van der Waals surface area contributed by atoms with Crippen molar-refractivity contribution in [3.63, 3.8) is 0 Å². The maximum atomic E-state index is 12.2. The number of anilines is 2. The van der Waals surface area contributed by atoms with E-state index < -0.39 is 27.8 Å². The smallest absolute Gasteiger partial charge is 0.250 e. The molecule has 2 fully saturated rings. The van der Waals surface area contributed by atoms with Crippen LogP contribution >= 0.6 is 0 Å². The molecule has 1 aromatic carbocycles. The van der Waals surface area contributed by atoms with Gasteiger partial charge in [0.15, 0.2) is 0 Å². The molecule has 1 amide bonds. The number of carbonyl (C=O) groups is 1. The van der Waals surface area contributed by atoms with Crippen molar-refractivity contribution in [1.29, 1.82) is 0 Å². The highest BCUT2D eigenvalue weighted by Crippen LogP contribution is 2.54. The summed E-state index contributed by atoms with van der Waals surface area (Å²) in [5.74, 6) is -0.528. The molecule has 1 aliphatic carbocycles. The number of piperidine rings is 1. The first kappa shape index (κ1) is 18.0. The van der Waals surface area contributed by atoms with E-state index in [9.17, 15) is 13.2 Å². The van der Waals surface area contributed by atoms with Crippen molar-refractivity contribution in [2.45, 2.75) is 37.9 Å². The quantitative estimate of drug-likeness (QED) is 0.701. The van der Waals surface area contributed by atoms with E-state index in [-0.39, 0.29) is 0 Å². The summed E-state index contributed by atoms with van der Waals surface area (Å²) in [6, 6.07) is 4.74. The van der Waals surface area contributed by atoms with E-state index in [1.165, 1.54) is 25.8 Å². The van der Waals surface area contributed by atoms with Crippen LogP contribution in [0.15, 0.2) is 18.2 Å². The highest BCUT2D eigenvalue weighted by molar-refractivity contribution is 7.93. The molecule has 1 aromatic rings. The zero-order valence-corrected chi connectivity index (χ0v) is 15.2. The zero-order chi connectivity index (χ0) is 18.2. The number of aliphatic hydroxyl groups excluding tert-OH is 1. The Hall–Kier alpha value is -1.80. The van der Waals surface area contributed by atoms with Gasteiger partial charge in [0.05, 0.1) is 23.5 Å². The maximum Gasteiger partial charge on any atom is 0.250 e. The van der Waals surface area contributed by atoms with Crippen LogP contribution in [-0.2, 0) is 10.0 Å². The number of rotatable bonds is 6. The van der Waals surface area contributed by atoms with Gasteiger partial charge in [0, 0.05) is 13.1 Å². The second-order valence-electron chi connectivity index (χ2n) is 7.22. The Morgan fingerprint density at radius 2 is 1.96 bits per heavy atom. The normalized spacial score (nSPS) is 20.3. The summed E-state index contributed by atoms with van der Waals surface area (Å²) in [7, 11) is -3.69. The predicted octanol–water partition coefficient (Wildman–Crippen LogP) is 1.29. The number of nitrogens with two attached hydrogens (primary N) is 1. The Morgan fingerprint density at radius 3 is 2.48 bits per heavy atom. The summed E-state index contributed by atoms with van der Waals surface area (Å²) in [6.07, 6.45) is 4.73. The van der Waals surface area contributed by atoms with Crippen LogP contribution in [0.5, 0.6) is 0 Å². The van der Waals surface area contributed by atoms with Gasteiger partial charge in [-0.15, -0.1) is 0 Å². The standard InChI is InChI=1S/C17H25N3O4S/c1-12(11-21)25(23,24)19-13-2-3-14(16(18)22)15(10-13)20-8-6-17(4-5-17)7-9-20/h2-3,10,12,19,21H,4-9,11H2,1H3,(H2,18,22)/t12-/m1/s1. The van der Waals surface area contributed by atoms with E-state index in [0.717, 1.165) is 25.9 Å². The lowest BCUT2D eigenvalue weighted by atomic mass is 9.93. The van der Waals surface area contributed by atoms with Crippen LogP contribution in [0.1, 0.15) is 43.0 Å². The molecular formula is C17H25N3O4S. The number of hydrogen-bond donors (Lipinski definition) is 3. The number of nitrogens with zero attached hydrogens (tertiary/aromatic N) is 1. The number of hydrogen-bond acceptors (Lipinski definition) is 5. The second-order valence-corrected chi connectivity index (χ2v) is 9.32. The topological polar surface area (TPSA) is 113 Å². The average Bonchev–Trinajstić information content (AvgIpc) is 3.33. The Morgan fingerprint density at radius 1 is 1.32 bits per heavy atom. The minimum Gasteiger partial charge on any atom is -0.395 e. The molecule has 7 nitrogen and oxygen atoms in total. The number of aliphatic hydroxyl groups is 1. The van der Waals surface area contributed by atoms with E-state index in [0.29, 0.717) is 22.4 Å². The molecule has 0 unspecified atom stereocenters. The molecule has 8 heteroatoms. The molecule has 4 N–H and O–H groups in total. The van der Waals surface area contributed by atoms with Gasteiger partial charge in [-0.3, -0.25) is 9.52 Å². The molecule has 1 heterocycles. The Balaban J connectivity index is 1.86. The van der Waals surface area contributed by atoms with Crippen LogP contribution < -0.4 is 15.4 Å². The number of amides is 1. The molecule has 0 aromatic heterocycles. The van der Waals surface area contributed by atoms with Crippen molar-refractivity contribution in [2.75, 3.05) is 29.3 Å². The molecule has 0 radical (unpaired) electrons. The number of carbonyl (C=O) groups excluding carboxylic acids is 1. The van der Waals surface area contributed by atoms with Gasteiger partial charge in [-0.05, 0) is 56.2 Å². The van der Waals surface area contributed by atoms with Gasteiger partial charge in [-0.25, -0.2) is 8.42 Å². The molecule has 1 saturated heterocycles. The third kappa shape index (κ3) is 3.74. The van der Waals surface area contributed by atoms with Gasteiger partial charge in [-0.2, -0.15) is 0 Å². The first-order chi connectivity index (χ1) is 11.8. The molecule has 138 valence electrons. The van der Waals surface area contributed by atoms with Crippen molar-refractivity contribution >= 4 is 27.3 Å². The van der Waals surface area contributed by atoms with Gasteiger partial charge >= 0.3 is 0 Å². The fraction of sp³-hybridized carbons (Fsp3) is 0.588. The highest BCUT2D eigenvalue weighted by atomic mass is 32.2. The monoisotopic (exact) mass is 367 g/mol. The Bertz CT molecular complexity index is 764. The molecule has 3 rings (SSSR count). The number of primary amides is 1. The third-order valence-electron chi connectivity index (χ3n) is 5.43. The highest BCUT2D eigenvalue weighted by Gasteiger charge is 2.44. The lowest BCUT2D eigenvalue weighted by Crippen LogP contribution is -2.36.